The third-order valence-electron chi connectivity index (χ3n) is 2.96. The smallest absolute Gasteiger partial charge is 0.303 e. The summed E-state index contributed by atoms with van der Waals surface area (Å²) in [5, 5.41) is 5.33. The molecule has 3 amide bonds. The molecule has 2 aromatic carbocycles. The van der Waals surface area contributed by atoms with Crippen molar-refractivity contribution in [2.45, 2.75) is 9.79 Å². The fourth-order valence-corrected chi connectivity index (χ4v) is 2.86. The molecule has 0 aliphatic carbocycles. The SMILES string of the molecule is O=C1NC(=O)C(=Cc2ccc(Sc3ccc(Cl)cc3)cc2)N1. The number of nitrogens with one attached hydrogen (secondary N) is 2. The Kier molecular flexibility index (Phi) is 4.18. The van der Waals surface area contributed by atoms with E-state index in [-0.39, 0.29) is 5.70 Å². The number of halogens is 1. The topological polar surface area (TPSA) is 58.2 Å². The van der Waals surface area contributed by atoms with Gasteiger partial charge in [-0.05, 0) is 48.0 Å². The zero-order valence-electron chi connectivity index (χ0n) is 11.3. The van der Waals surface area contributed by atoms with Crippen LogP contribution in [0.25, 0.3) is 6.08 Å². The highest BCUT2D eigenvalue weighted by atomic mass is 35.5. The molecule has 1 aliphatic heterocycles. The maximum atomic E-state index is 11.4. The molecule has 0 aromatic heterocycles. The fourth-order valence-electron chi connectivity index (χ4n) is 1.92. The highest BCUT2D eigenvalue weighted by molar-refractivity contribution is 7.99. The first-order valence-electron chi connectivity index (χ1n) is 6.48. The van der Waals surface area contributed by atoms with Gasteiger partial charge >= 0.3 is 6.03 Å². The Labute approximate surface area is 136 Å². The lowest BCUT2D eigenvalue weighted by Crippen LogP contribution is -2.22. The second-order valence-electron chi connectivity index (χ2n) is 4.59. The lowest BCUT2D eigenvalue weighted by atomic mass is 10.2. The fraction of sp³-hybridized carbons (Fsp3) is 0. The summed E-state index contributed by atoms with van der Waals surface area (Å²) in [7, 11) is 0. The third-order valence-corrected chi connectivity index (χ3v) is 4.23. The average molecular weight is 331 g/mol. The van der Waals surface area contributed by atoms with Gasteiger partial charge < -0.3 is 5.32 Å². The summed E-state index contributed by atoms with van der Waals surface area (Å²) in [4.78, 5) is 24.7. The highest BCUT2D eigenvalue weighted by Crippen LogP contribution is 2.28. The van der Waals surface area contributed by atoms with E-state index < -0.39 is 11.9 Å². The number of imide groups is 1. The van der Waals surface area contributed by atoms with E-state index in [1.165, 1.54) is 0 Å². The molecule has 1 aliphatic rings. The van der Waals surface area contributed by atoms with Gasteiger partial charge in [0.05, 0.1) is 0 Å². The van der Waals surface area contributed by atoms with Gasteiger partial charge in [0.25, 0.3) is 5.91 Å². The minimum absolute atomic E-state index is 0.253. The van der Waals surface area contributed by atoms with Crippen LogP contribution in [0.5, 0.6) is 0 Å². The molecule has 0 radical (unpaired) electrons. The van der Waals surface area contributed by atoms with Crippen LogP contribution >= 0.6 is 23.4 Å². The molecule has 6 heteroatoms. The van der Waals surface area contributed by atoms with Crippen LogP contribution in [-0.4, -0.2) is 11.9 Å². The normalized spacial score (nSPS) is 15.8. The van der Waals surface area contributed by atoms with Gasteiger partial charge in [0.15, 0.2) is 0 Å². The van der Waals surface area contributed by atoms with E-state index in [0.29, 0.717) is 5.02 Å². The van der Waals surface area contributed by atoms with E-state index in [9.17, 15) is 9.59 Å². The molecule has 0 bridgehead atoms. The molecule has 1 heterocycles. The van der Waals surface area contributed by atoms with E-state index in [1.807, 2.05) is 48.5 Å². The maximum absolute atomic E-state index is 11.4. The van der Waals surface area contributed by atoms with Gasteiger partial charge in [-0.3, -0.25) is 10.1 Å². The molecule has 1 fully saturated rings. The number of carbonyl (C=O) groups is 2. The van der Waals surface area contributed by atoms with Gasteiger partial charge in [-0.1, -0.05) is 35.5 Å². The van der Waals surface area contributed by atoms with Crippen LogP contribution in [-0.2, 0) is 4.79 Å². The summed E-state index contributed by atoms with van der Waals surface area (Å²) in [6.07, 6.45) is 1.64. The van der Waals surface area contributed by atoms with Gasteiger partial charge in [0.2, 0.25) is 0 Å². The van der Waals surface area contributed by atoms with E-state index in [4.69, 9.17) is 11.6 Å². The first-order chi connectivity index (χ1) is 10.6. The quantitative estimate of drug-likeness (QED) is 0.667. The molecule has 110 valence electrons. The zero-order valence-corrected chi connectivity index (χ0v) is 12.9. The molecule has 22 heavy (non-hydrogen) atoms. The molecule has 0 unspecified atom stereocenters. The number of hydrogen-bond acceptors (Lipinski definition) is 3. The zero-order chi connectivity index (χ0) is 15.5. The summed E-state index contributed by atoms with van der Waals surface area (Å²) in [6, 6.07) is 14.8. The predicted octanol–water partition coefficient (Wildman–Crippen LogP) is 3.67. The molecule has 2 N–H and O–H groups in total. The van der Waals surface area contributed by atoms with Crippen molar-refractivity contribution in [1.29, 1.82) is 0 Å². The van der Waals surface area contributed by atoms with E-state index in [2.05, 4.69) is 10.6 Å². The van der Waals surface area contributed by atoms with Crippen LogP contribution in [0.1, 0.15) is 5.56 Å². The van der Waals surface area contributed by atoms with E-state index >= 15 is 0 Å². The number of carbonyl (C=O) groups excluding carboxylic acids is 2. The van der Waals surface area contributed by atoms with Crippen LogP contribution in [0.4, 0.5) is 4.79 Å². The Bertz CT molecular complexity index is 755. The van der Waals surface area contributed by atoms with Gasteiger partial charge in [0.1, 0.15) is 5.70 Å². The van der Waals surface area contributed by atoms with E-state index in [1.54, 1.807) is 17.8 Å². The lowest BCUT2D eigenvalue weighted by Gasteiger charge is -2.03. The summed E-state index contributed by atoms with van der Waals surface area (Å²) >= 11 is 7.48. The highest BCUT2D eigenvalue weighted by Gasteiger charge is 2.22. The monoisotopic (exact) mass is 330 g/mol. The van der Waals surface area contributed by atoms with Crippen LogP contribution in [0.3, 0.4) is 0 Å². The second kappa shape index (κ2) is 6.25. The molecule has 2 aromatic rings. The predicted molar refractivity (Wildman–Crippen MR) is 86.7 cm³/mol. The Hall–Kier alpha value is -2.24. The summed E-state index contributed by atoms with van der Waals surface area (Å²) in [5.74, 6) is -0.412. The lowest BCUT2D eigenvalue weighted by molar-refractivity contribution is -0.115. The Morgan fingerprint density at radius 3 is 2.00 bits per heavy atom. The largest absolute Gasteiger partial charge is 0.326 e. The number of rotatable bonds is 3. The first-order valence-corrected chi connectivity index (χ1v) is 7.67. The van der Waals surface area contributed by atoms with Gasteiger partial charge in [-0.15, -0.1) is 0 Å². The molecule has 3 rings (SSSR count). The van der Waals surface area contributed by atoms with Crippen LogP contribution < -0.4 is 10.6 Å². The van der Waals surface area contributed by atoms with Crippen molar-refractivity contribution in [1.82, 2.24) is 10.6 Å². The molecular formula is C16H11ClN2O2S. The van der Waals surface area contributed by atoms with Gasteiger partial charge in [-0.2, -0.15) is 0 Å². The van der Waals surface area contributed by atoms with E-state index in [0.717, 1.165) is 15.4 Å². The summed E-state index contributed by atoms with van der Waals surface area (Å²) < 4.78 is 0. The first kappa shape index (κ1) is 14.7. The molecule has 0 spiro atoms. The van der Waals surface area contributed by atoms with Crippen molar-refractivity contribution in [3.8, 4) is 0 Å². The van der Waals surface area contributed by atoms with Gasteiger partial charge in [-0.25, -0.2) is 4.79 Å². The Balaban J connectivity index is 1.73. The Morgan fingerprint density at radius 2 is 1.45 bits per heavy atom. The van der Waals surface area contributed by atoms with Crippen molar-refractivity contribution in [3.63, 3.8) is 0 Å². The maximum Gasteiger partial charge on any atom is 0.326 e. The molecule has 4 nitrogen and oxygen atoms in total. The van der Waals surface area contributed by atoms with Crippen molar-refractivity contribution < 1.29 is 9.59 Å². The van der Waals surface area contributed by atoms with Crippen LogP contribution in [0.2, 0.25) is 5.02 Å². The van der Waals surface area contributed by atoms with Crippen molar-refractivity contribution in [2.24, 2.45) is 0 Å². The van der Waals surface area contributed by atoms with Crippen molar-refractivity contribution in [3.05, 3.63) is 64.8 Å². The van der Waals surface area contributed by atoms with Crippen molar-refractivity contribution >= 4 is 41.4 Å². The molecule has 0 saturated carbocycles. The number of urea groups is 1. The second-order valence-corrected chi connectivity index (χ2v) is 6.17. The average Bonchev–Trinajstić information content (AvgIpc) is 2.81. The standard InChI is InChI=1S/C16H11ClN2O2S/c17-11-3-7-13(8-4-11)22-12-5-1-10(2-6-12)9-14-15(20)19-16(21)18-14/h1-9H,(H2,18,19,20,21). The minimum Gasteiger partial charge on any atom is -0.303 e. The summed E-state index contributed by atoms with van der Waals surface area (Å²) in [5.41, 5.74) is 1.09. The van der Waals surface area contributed by atoms with Crippen LogP contribution in [0, 0.1) is 0 Å². The molecule has 1 saturated heterocycles. The van der Waals surface area contributed by atoms with Gasteiger partial charge in [0, 0.05) is 14.8 Å². The number of benzene rings is 2. The minimum atomic E-state index is -0.494. The number of hydrogen-bond donors (Lipinski definition) is 2. The number of amides is 3. The molecular weight excluding hydrogens is 320 g/mol. The Morgan fingerprint density at radius 1 is 0.864 bits per heavy atom. The third kappa shape index (κ3) is 3.50. The summed E-state index contributed by atoms with van der Waals surface area (Å²) in [6.45, 7) is 0. The van der Waals surface area contributed by atoms with Crippen LogP contribution in [0.15, 0.2) is 64.0 Å². The molecule has 0 atom stereocenters. The van der Waals surface area contributed by atoms with Crippen molar-refractivity contribution in [2.75, 3.05) is 0 Å².